The normalized spacial score (nSPS) is 20.9. The second kappa shape index (κ2) is 7.09. The summed E-state index contributed by atoms with van der Waals surface area (Å²) >= 11 is 0. The first-order chi connectivity index (χ1) is 13.9. The van der Waals surface area contributed by atoms with Crippen LogP contribution in [0.1, 0.15) is 11.1 Å². The number of urea groups is 1. The molecule has 0 aromatic heterocycles. The molecule has 2 aromatic rings. The lowest BCUT2D eigenvalue weighted by molar-refractivity contribution is -0.122. The summed E-state index contributed by atoms with van der Waals surface area (Å²) in [6.07, 6.45) is 1.63. The summed E-state index contributed by atoms with van der Waals surface area (Å²) in [5.74, 6) is -0.699. The topological polar surface area (TPSA) is 81.8 Å². The third kappa shape index (κ3) is 3.24. The SMILES string of the molecule is Cc1ccc(NC(=O)C2=CN(C)C3C(=O)N(c4ccccc4)C(=O)NC23)c(C)c1. The maximum absolute atomic E-state index is 13.1. The van der Waals surface area contributed by atoms with Crippen molar-refractivity contribution in [3.05, 3.63) is 71.4 Å². The number of amides is 4. The third-order valence-corrected chi connectivity index (χ3v) is 5.29. The summed E-state index contributed by atoms with van der Waals surface area (Å²) in [7, 11) is 1.73. The van der Waals surface area contributed by atoms with E-state index >= 15 is 0 Å². The molecule has 0 spiro atoms. The molecule has 0 saturated carbocycles. The lowest BCUT2D eigenvalue weighted by atomic mass is 9.98. The minimum absolute atomic E-state index is 0.336. The van der Waals surface area contributed by atoms with Gasteiger partial charge < -0.3 is 15.5 Å². The van der Waals surface area contributed by atoms with Gasteiger partial charge in [0.05, 0.1) is 17.3 Å². The maximum Gasteiger partial charge on any atom is 0.329 e. The Morgan fingerprint density at radius 1 is 1.07 bits per heavy atom. The number of nitrogens with one attached hydrogen (secondary N) is 2. The molecule has 2 aliphatic heterocycles. The molecular formula is C22H22N4O3. The van der Waals surface area contributed by atoms with Gasteiger partial charge in [-0.2, -0.15) is 0 Å². The average molecular weight is 390 g/mol. The van der Waals surface area contributed by atoms with Crippen LogP contribution in [0.4, 0.5) is 16.2 Å². The molecule has 0 aliphatic carbocycles. The first kappa shape index (κ1) is 18.7. The molecule has 2 heterocycles. The van der Waals surface area contributed by atoms with Crippen molar-refractivity contribution in [3.8, 4) is 0 Å². The first-order valence-corrected chi connectivity index (χ1v) is 9.38. The van der Waals surface area contributed by atoms with E-state index in [2.05, 4.69) is 10.6 Å². The van der Waals surface area contributed by atoms with Crippen LogP contribution in [-0.4, -0.2) is 41.9 Å². The molecular weight excluding hydrogens is 368 g/mol. The van der Waals surface area contributed by atoms with Crippen molar-refractivity contribution < 1.29 is 14.4 Å². The number of likely N-dealkylation sites (N-methyl/N-ethyl adjacent to an activating group) is 1. The number of hydrogen-bond acceptors (Lipinski definition) is 4. The van der Waals surface area contributed by atoms with Crippen LogP contribution in [-0.2, 0) is 9.59 Å². The Kier molecular flexibility index (Phi) is 4.58. The van der Waals surface area contributed by atoms with E-state index in [9.17, 15) is 14.4 Å². The van der Waals surface area contributed by atoms with Crippen molar-refractivity contribution in [1.29, 1.82) is 0 Å². The van der Waals surface area contributed by atoms with Gasteiger partial charge in [0.25, 0.3) is 11.8 Å². The second-order valence-electron chi connectivity index (χ2n) is 7.40. The van der Waals surface area contributed by atoms with Gasteiger partial charge in [-0.3, -0.25) is 9.59 Å². The van der Waals surface area contributed by atoms with Crippen LogP contribution >= 0.6 is 0 Å². The number of para-hydroxylation sites is 1. The van der Waals surface area contributed by atoms with Crippen molar-refractivity contribution in [2.45, 2.75) is 25.9 Å². The lowest BCUT2D eigenvalue weighted by Gasteiger charge is -2.37. The second-order valence-corrected chi connectivity index (χ2v) is 7.40. The van der Waals surface area contributed by atoms with Crippen LogP contribution in [0.3, 0.4) is 0 Å². The van der Waals surface area contributed by atoms with E-state index in [4.69, 9.17) is 0 Å². The zero-order chi connectivity index (χ0) is 20.7. The monoisotopic (exact) mass is 390 g/mol. The zero-order valence-corrected chi connectivity index (χ0v) is 16.5. The van der Waals surface area contributed by atoms with Gasteiger partial charge >= 0.3 is 6.03 Å². The molecule has 2 unspecified atom stereocenters. The number of anilines is 2. The number of carbonyl (C=O) groups is 3. The van der Waals surface area contributed by atoms with E-state index in [1.807, 2.05) is 38.1 Å². The minimum atomic E-state index is -0.703. The molecule has 2 atom stereocenters. The van der Waals surface area contributed by atoms with E-state index in [1.54, 1.807) is 42.4 Å². The van der Waals surface area contributed by atoms with E-state index in [0.29, 0.717) is 16.9 Å². The van der Waals surface area contributed by atoms with Gasteiger partial charge in [-0.25, -0.2) is 9.69 Å². The van der Waals surface area contributed by atoms with Gasteiger partial charge in [-0.15, -0.1) is 0 Å². The molecule has 7 heteroatoms. The van der Waals surface area contributed by atoms with Crippen molar-refractivity contribution in [2.24, 2.45) is 0 Å². The smallest absolute Gasteiger partial charge is 0.329 e. The number of rotatable bonds is 3. The summed E-state index contributed by atoms with van der Waals surface area (Å²) < 4.78 is 0. The summed E-state index contributed by atoms with van der Waals surface area (Å²) in [5, 5.41) is 5.72. The maximum atomic E-state index is 13.1. The van der Waals surface area contributed by atoms with E-state index < -0.39 is 18.1 Å². The Balaban J connectivity index is 1.58. The third-order valence-electron chi connectivity index (χ3n) is 5.29. The Hall–Kier alpha value is -3.61. The molecule has 2 aromatic carbocycles. The van der Waals surface area contributed by atoms with Crippen molar-refractivity contribution in [1.82, 2.24) is 10.2 Å². The van der Waals surface area contributed by atoms with Gasteiger partial charge in [-0.1, -0.05) is 35.9 Å². The van der Waals surface area contributed by atoms with E-state index in [1.165, 1.54) is 0 Å². The standard InChI is InChI=1S/C22H22N4O3/c1-13-9-10-17(14(2)11-13)23-20(27)16-12-25(3)19-18(16)24-22(29)26(21(19)28)15-7-5-4-6-8-15/h4-12,18-19H,1-3H3,(H,23,27)(H,24,29). The van der Waals surface area contributed by atoms with Crippen LogP contribution in [0.2, 0.25) is 0 Å². The predicted octanol–water partition coefficient (Wildman–Crippen LogP) is 2.56. The lowest BCUT2D eigenvalue weighted by Crippen LogP contribution is -2.65. The van der Waals surface area contributed by atoms with Crippen molar-refractivity contribution in [2.75, 3.05) is 17.3 Å². The first-order valence-electron chi connectivity index (χ1n) is 9.38. The molecule has 4 rings (SSSR count). The largest absolute Gasteiger partial charge is 0.366 e. The van der Waals surface area contributed by atoms with Crippen LogP contribution in [0.25, 0.3) is 0 Å². The summed E-state index contributed by atoms with van der Waals surface area (Å²) in [5.41, 5.74) is 3.60. The average Bonchev–Trinajstić information content (AvgIpc) is 3.01. The highest BCUT2D eigenvalue weighted by molar-refractivity contribution is 6.20. The Labute approximate surface area is 169 Å². The summed E-state index contributed by atoms with van der Waals surface area (Å²) in [4.78, 5) is 41.5. The molecule has 4 amide bonds. The molecule has 148 valence electrons. The van der Waals surface area contributed by atoms with Gasteiger partial charge in [0.1, 0.15) is 6.04 Å². The number of fused-ring (bicyclic) bond motifs is 1. The van der Waals surface area contributed by atoms with Gasteiger partial charge in [-0.05, 0) is 37.6 Å². The Bertz CT molecular complexity index is 1030. The van der Waals surface area contributed by atoms with Gasteiger partial charge in [0, 0.05) is 18.9 Å². The fourth-order valence-electron chi connectivity index (χ4n) is 3.86. The van der Waals surface area contributed by atoms with Gasteiger partial charge in [0.2, 0.25) is 0 Å². The predicted molar refractivity (Wildman–Crippen MR) is 110 cm³/mol. The number of benzene rings is 2. The summed E-state index contributed by atoms with van der Waals surface area (Å²) in [6.45, 7) is 3.91. The molecule has 1 fully saturated rings. The van der Waals surface area contributed by atoms with Crippen LogP contribution in [0.5, 0.6) is 0 Å². The molecule has 7 nitrogen and oxygen atoms in total. The van der Waals surface area contributed by atoms with Crippen LogP contribution < -0.4 is 15.5 Å². The zero-order valence-electron chi connectivity index (χ0n) is 16.5. The number of carbonyl (C=O) groups excluding carboxylic acids is 3. The molecule has 0 radical (unpaired) electrons. The Morgan fingerprint density at radius 3 is 2.48 bits per heavy atom. The van der Waals surface area contributed by atoms with Crippen molar-refractivity contribution >= 4 is 29.2 Å². The molecule has 1 saturated heterocycles. The van der Waals surface area contributed by atoms with Crippen LogP contribution in [0, 0.1) is 13.8 Å². The number of nitrogens with zero attached hydrogens (tertiary/aromatic N) is 2. The van der Waals surface area contributed by atoms with Crippen LogP contribution in [0.15, 0.2) is 60.3 Å². The molecule has 29 heavy (non-hydrogen) atoms. The molecule has 0 bridgehead atoms. The quantitative estimate of drug-likeness (QED) is 0.844. The van der Waals surface area contributed by atoms with Crippen molar-refractivity contribution in [3.63, 3.8) is 0 Å². The number of aryl methyl sites for hydroxylation is 2. The molecule has 2 N–H and O–H groups in total. The highest BCUT2D eigenvalue weighted by atomic mass is 16.2. The number of imide groups is 1. The van der Waals surface area contributed by atoms with E-state index in [0.717, 1.165) is 16.0 Å². The fourth-order valence-corrected chi connectivity index (χ4v) is 3.86. The fraction of sp³-hybridized carbons (Fsp3) is 0.227. The van der Waals surface area contributed by atoms with E-state index in [-0.39, 0.29) is 11.8 Å². The summed E-state index contributed by atoms with van der Waals surface area (Å²) in [6, 6.07) is 12.6. The highest BCUT2D eigenvalue weighted by Crippen LogP contribution is 2.30. The minimum Gasteiger partial charge on any atom is -0.366 e. The highest BCUT2D eigenvalue weighted by Gasteiger charge is 2.49. The van der Waals surface area contributed by atoms with Gasteiger partial charge in [0.15, 0.2) is 0 Å². The Morgan fingerprint density at radius 2 is 1.79 bits per heavy atom. The number of hydrogen-bond donors (Lipinski definition) is 2. The molecule has 2 aliphatic rings.